The molecule has 1 aromatic heterocycles. The van der Waals surface area contributed by atoms with Crippen LogP contribution in [0.2, 0.25) is 0 Å². The zero-order valence-corrected chi connectivity index (χ0v) is 10.9. The van der Waals surface area contributed by atoms with Crippen molar-refractivity contribution in [3.05, 3.63) is 47.8 Å². The van der Waals surface area contributed by atoms with Gasteiger partial charge in [0.05, 0.1) is 18.0 Å². The number of benzene rings is 1. The second-order valence-electron chi connectivity index (χ2n) is 4.50. The molecule has 0 amide bonds. The van der Waals surface area contributed by atoms with Crippen LogP contribution in [0.15, 0.2) is 36.7 Å². The van der Waals surface area contributed by atoms with Crippen molar-refractivity contribution in [1.29, 1.82) is 0 Å². The Bertz CT molecular complexity index is 576. The van der Waals surface area contributed by atoms with Crippen molar-refractivity contribution in [2.45, 2.75) is 26.5 Å². The topological polar surface area (TPSA) is 64.3 Å². The molecule has 1 aromatic carbocycles. The number of carboxylic acids is 1. The van der Waals surface area contributed by atoms with Crippen LogP contribution in [0.1, 0.15) is 35.8 Å². The number of rotatable bonds is 5. The van der Waals surface area contributed by atoms with Gasteiger partial charge in [-0.2, -0.15) is 5.10 Å². The van der Waals surface area contributed by atoms with Crippen LogP contribution in [0.25, 0.3) is 0 Å². The van der Waals surface area contributed by atoms with Crippen LogP contribution in [-0.4, -0.2) is 20.9 Å². The summed E-state index contributed by atoms with van der Waals surface area (Å²) in [6, 6.07) is 7.07. The molecule has 0 fully saturated rings. The van der Waals surface area contributed by atoms with E-state index in [0.29, 0.717) is 11.3 Å². The molecule has 0 spiro atoms. The number of aromatic carboxylic acids is 1. The van der Waals surface area contributed by atoms with Crippen LogP contribution >= 0.6 is 0 Å². The van der Waals surface area contributed by atoms with Gasteiger partial charge in [-0.25, -0.2) is 4.79 Å². The van der Waals surface area contributed by atoms with E-state index in [1.807, 2.05) is 13.8 Å². The van der Waals surface area contributed by atoms with Crippen LogP contribution in [0.3, 0.4) is 0 Å². The summed E-state index contributed by atoms with van der Waals surface area (Å²) in [4.78, 5) is 11.1. The van der Waals surface area contributed by atoms with Crippen LogP contribution in [0, 0.1) is 0 Å². The number of carboxylic acid groups (broad SMARTS) is 1. The zero-order chi connectivity index (χ0) is 13.8. The lowest BCUT2D eigenvalue weighted by molar-refractivity contribution is 0.0694. The maximum absolute atomic E-state index is 11.1. The van der Waals surface area contributed by atoms with Gasteiger partial charge in [0.25, 0.3) is 0 Å². The Hall–Kier alpha value is -2.30. The van der Waals surface area contributed by atoms with E-state index in [9.17, 15) is 4.79 Å². The number of hydrogen-bond acceptors (Lipinski definition) is 3. The summed E-state index contributed by atoms with van der Waals surface area (Å²) in [5, 5.41) is 13.2. The maximum atomic E-state index is 11.1. The highest BCUT2D eigenvalue weighted by atomic mass is 16.5. The van der Waals surface area contributed by atoms with E-state index in [1.165, 1.54) is 0 Å². The molecule has 0 bridgehead atoms. The molecule has 0 aliphatic rings. The molecular formula is C14H16N2O3. The molecule has 1 heterocycles. The summed E-state index contributed by atoms with van der Waals surface area (Å²) in [5.41, 5.74) is 0.908. The van der Waals surface area contributed by atoms with Gasteiger partial charge in [0.15, 0.2) is 5.75 Å². The molecule has 0 aliphatic heterocycles. The lowest BCUT2D eigenvalue weighted by atomic mass is 10.1. The Morgan fingerprint density at radius 1 is 1.42 bits per heavy atom. The van der Waals surface area contributed by atoms with Crippen molar-refractivity contribution in [3.63, 3.8) is 0 Å². The summed E-state index contributed by atoms with van der Waals surface area (Å²) in [7, 11) is 0. The fourth-order valence-corrected chi connectivity index (χ4v) is 1.69. The maximum Gasteiger partial charge on any atom is 0.336 e. The molecule has 2 aromatic rings. The highest BCUT2D eigenvalue weighted by molar-refractivity contribution is 5.89. The largest absolute Gasteiger partial charge is 0.486 e. The first-order chi connectivity index (χ1) is 9.08. The zero-order valence-electron chi connectivity index (χ0n) is 10.9. The first-order valence-electron chi connectivity index (χ1n) is 6.06. The van der Waals surface area contributed by atoms with Gasteiger partial charge in [0, 0.05) is 11.6 Å². The van der Waals surface area contributed by atoms with Crippen molar-refractivity contribution in [3.8, 4) is 5.75 Å². The lowest BCUT2D eigenvalue weighted by Gasteiger charge is -2.07. The third-order valence-corrected chi connectivity index (χ3v) is 2.75. The second kappa shape index (κ2) is 5.56. The van der Waals surface area contributed by atoms with Gasteiger partial charge in [0.2, 0.25) is 0 Å². The molecule has 0 unspecified atom stereocenters. The molecule has 0 atom stereocenters. The normalized spacial score (nSPS) is 10.7. The smallest absolute Gasteiger partial charge is 0.336 e. The van der Waals surface area contributed by atoms with Crippen molar-refractivity contribution >= 4 is 5.97 Å². The molecule has 19 heavy (non-hydrogen) atoms. The van der Waals surface area contributed by atoms with Crippen LogP contribution in [0.4, 0.5) is 0 Å². The van der Waals surface area contributed by atoms with Crippen molar-refractivity contribution < 1.29 is 14.6 Å². The molecule has 0 radical (unpaired) electrons. The van der Waals surface area contributed by atoms with Crippen LogP contribution in [0.5, 0.6) is 5.75 Å². The molecule has 0 saturated carbocycles. The Balaban J connectivity index is 2.08. The molecule has 0 saturated heterocycles. The van der Waals surface area contributed by atoms with Crippen molar-refractivity contribution in [2.24, 2.45) is 0 Å². The fraction of sp³-hybridized carbons (Fsp3) is 0.286. The fourth-order valence-electron chi connectivity index (χ4n) is 1.69. The van der Waals surface area contributed by atoms with E-state index < -0.39 is 5.97 Å². The van der Waals surface area contributed by atoms with E-state index in [0.717, 1.165) is 0 Å². The number of ether oxygens (including phenoxy) is 1. The molecule has 5 nitrogen and oxygen atoms in total. The molecule has 0 aliphatic carbocycles. The minimum Gasteiger partial charge on any atom is -0.486 e. The Morgan fingerprint density at radius 3 is 2.79 bits per heavy atom. The van der Waals surface area contributed by atoms with Gasteiger partial charge in [-0.1, -0.05) is 18.2 Å². The Morgan fingerprint density at radius 2 is 2.16 bits per heavy atom. The predicted octanol–water partition coefficient (Wildman–Crippen LogP) is 2.74. The van der Waals surface area contributed by atoms with E-state index in [2.05, 4.69) is 5.10 Å². The van der Waals surface area contributed by atoms with Crippen molar-refractivity contribution in [1.82, 2.24) is 9.78 Å². The highest BCUT2D eigenvalue weighted by Gasteiger charge is 2.10. The number of nitrogens with zero attached hydrogens (tertiary/aromatic N) is 2. The quantitative estimate of drug-likeness (QED) is 0.897. The first-order valence-corrected chi connectivity index (χ1v) is 6.06. The standard InChI is InChI=1S/C14H16N2O3/c1-10(2)16-8-12(7-15-16)19-9-11-5-3-4-6-13(11)14(17)18/h3-8,10H,9H2,1-2H3,(H,17,18). The van der Waals surface area contributed by atoms with E-state index >= 15 is 0 Å². The van der Waals surface area contributed by atoms with Gasteiger partial charge >= 0.3 is 5.97 Å². The summed E-state index contributed by atoms with van der Waals surface area (Å²) >= 11 is 0. The third kappa shape index (κ3) is 3.13. The summed E-state index contributed by atoms with van der Waals surface area (Å²) < 4.78 is 7.36. The van der Waals surface area contributed by atoms with Gasteiger partial charge in [-0.3, -0.25) is 4.68 Å². The monoisotopic (exact) mass is 260 g/mol. The van der Waals surface area contributed by atoms with Gasteiger partial charge in [0.1, 0.15) is 6.61 Å². The number of hydrogen-bond donors (Lipinski definition) is 1. The van der Waals surface area contributed by atoms with E-state index in [-0.39, 0.29) is 18.2 Å². The first kappa shape index (κ1) is 13.1. The van der Waals surface area contributed by atoms with Crippen molar-refractivity contribution in [2.75, 3.05) is 0 Å². The number of carbonyl (C=O) groups is 1. The number of aromatic nitrogens is 2. The molecule has 1 N–H and O–H groups in total. The van der Waals surface area contributed by atoms with Gasteiger partial charge in [-0.15, -0.1) is 0 Å². The average Bonchev–Trinajstić information content (AvgIpc) is 2.85. The minimum absolute atomic E-state index is 0.215. The van der Waals surface area contributed by atoms with E-state index in [1.54, 1.807) is 41.3 Å². The van der Waals surface area contributed by atoms with E-state index in [4.69, 9.17) is 9.84 Å². The average molecular weight is 260 g/mol. The summed E-state index contributed by atoms with van der Waals surface area (Å²) in [5.74, 6) is -0.314. The minimum atomic E-state index is -0.947. The molecule has 100 valence electrons. The molecule has 5 heteroatoms. The summed E-state index contributed by atoms with van der Waals surface area (Å²) in [6.45, 7) is 4.26. The second-order valence-corrected chi connectivity index (χ2v) is 4.50. The summed E-state index contributed by atoms with van der Waals surface area (Å²) in [6.07, 6.45) is 3.43. The predicted molar refractivity (Wildman–Crippen MR) is 70.3 cm³/mol. The Labute approximate surface area is 111 Å². The molecule has 2 rings (SSSR count). The van der Waals surface area contributed by atoms with Gasteiger partial charge in [-0.05, 0) is 19.9 Å². The van der Waals surface area contributed by atoms with Crippen LogP contribution < -0.4 is 4.74 Å². The third-order valence-electron chi connectivity index (χ3n) is 2.75. The lowest BCUT2D eigenvalue weighted by Crippen LogP contribution is -2.05. The SMILES string of the molecule is CC(C)n1cc(OCc2ccccc2C(=O)O)cn1. The highest BCUT2D eigenvalue weighted by Crippen LogP contribution is 2.16. The van der Waals surface area contributed by atoms with Crippen LogP contribution in [-0.2, 0) is 6.61 Å². The molecular weight excluding hydrogens is 244 g/mol. The Kier molecular flexibility index (Phi) is 3.85. The van der Waals surface area contributed by atoms with Gasteiger partial charge < -0.3 is 9.84 Å².